The molecule has 26 heavy (non-hydrogen) atoms. The molecule has 0 unspecified atom stereocenters. The van der Waals surface area contributed by atoms with E-state index in [9.17, 15) is 0 Å². The molecule has 0 spiro atoms. The Kier molecular flexibility index (Phi) is 5.03. The summed E-state index contributed by atoms with van der Waals surface area (Å²) in [4.78, 5) is 0. The van der Waals surface area contributed by atoms with Crippen LogP contribution in [0.4, 0.5) is 0 Å². The molecule has 126 valence electrons. The smallest absolute Gasteiger partial charge is 0.134 e. The van der Waals surface area contributed by atoms with Gasteiger partial charge in [0.05, 0.1) is 30.4 Å². The number of hydrogen-bond acceptors (Lipinski definition) is 5. The number of rotatable bonds is 5. The summed E-state index contributed by atoms with van der Waals surface area (Å²) in [5.74, 6) is 2.86. The van der Waals surface area contributed by atoms with E-state index in [4.69, 9.17) is 24.7 Å². The first-order valence-electron chi connectivity index (χ1n) is 7.75. The summed E-state index contributed by atoms with van der Waals surface area (Å²) in [6.45, 7) is 0. The monoisotopic (exact) mass is 342 g/mol. The number of nitrogens with zero attached hydrogens (tertiary/aromatic N) is 2. The Labute approximate surface area is 151 Å². The average Bonchev–Trinajstić information content (AvgIpc) is 2.69. The summed E-state index contributed by atoms with van der Waals surface area (Å²) >= 11 is 0. The van der Waals surface area contributed by atoms with Gasteiger partial charge >= 0.3 is 0 Å². The SMILES string of the molecule is COc1cc(Oc2ccc(C#N)cc2)cc(Oc2ccc(C#N)cc2)c1. The van der Waals surface area contributed by atoms with Crippen molar-refractivity contribution in [3.8, 4) is 40.9 Å². The van der Waals surface area contributed by atoms with Crippen molar-refractivity contribution in [2.45, 2.75) is 0 Å². The number of methoxy groups -OCH3 is 1. The van der Waals surface area contributed by atoms with Crippen molar-refractivity contribution in [1.82, 2.24) is 0 Å². The van der Waals surface area contributed by atoms with E-state index in [0.717, 1.165) is 0 Å². The zero-order chi connectivity index (χ0) is 18.4. The fourth-order valence-electron chi connectivity index (χ4n) is 2.25. The molecule has 0 heterocycles. The second-order valence-corrected chi connectivity index (χ2v) is 5.32. The molecule has 3 aromatic carbocycles. The average molecular weight is 342 g/mol. The molecule has 0 N–H and O–H groups in total. The van der Waals surface area contributed by atoms with E-state index in [0.29, 0.717) is 39.9 Å². The Bertz CT molecular complexity index is 904. The molecule has 0 aromatic heterocycles. The summed E-state index contributed by atoms with van der Waals surface area (Å²) in [6, 6.07) is 23.0. The Morgan fingerprint density at radius 3 is 1.31 bits per heavy atom. The molecule has 3 aromatic rings. The minimum atomic E-state index is 0.540. The molecule has 0 aliphatic rings. The molecule has 5 heteroatoms. The molecular formula is C21H14N2O3. The van der Waals surface area contributed by atoms with Crippen molar-refractivity contribution in [2.24, 2.45) is 0 Å². The van der Waals surface area contributed by atoms with Gasteiger partial charge in [-0.25, -0.2) is 0 Å². The highest BCUT2D eigenvalue weighted by atomic mass is 16.5. The highest BCUT2D eigenvalue weighted by molar-refractivity contribution is 5.46. The molecule has 0 fully saturated rings. The lowest BCUT2D eigenvalue weighted by Gasteiger charge is -2.11. The van der Waals surface area contributed by atoms with Crippen LogP contribution in [0.15, 0.2) is 66.7 Å². The van der Waals surface area contributed by atoms with Gasteiger partial charge in [-0.15, -0.1) is 0 Å². The van der Waals surface area contributed by atoms with Gasteiger partial charge in [0.15, 0.2) is 0 Å². The lowest BCUT2D eigenvalue weighted by atomic mass is 10.2. The standard InChI is InChI=1S/C21H14N2O3/c1-24-19-10-20(25-17-6-2-15(13-22)3-7-17)12-21(11-19)26-18-8-4-16(14-23)5-9-18/h2-12H,1H3. The minimum absolute atomic E-state index is 0.540. The largest absolute Gasteiger partial charge is 0.496 e. The van der Waals surface area contributed by atoms with Gasteiger partial charge in [-0.1, -0.05) is 0 Å². The molecule has 0 aliphatic heterocycles. The maximum atomic E-state index is 8.85. The van der Waals surface area contributed by atoms with Crippen LogP contribution in [0.25, 0.3) is 0 Å². The van der Waals surface area contributed by atoms with Gasteiger partial charge in [-0.3, -0.25) is 0 Å². The van der Waals surface area contributed by atoms with Crippen LogP contribution in [0.5, 0.6) is 28.7 Å². The molecule has 0 saturated heterocycles. The zero-order valence-corrected chi connectivity index (χ0v) is 14.0. The van der Waals surface area contributed by atoms with E-state index in [1.165, 1.54) is 0 Å². The van der Waals surface area contributed by atoms with Gasteiger partial charge in [0, 0.05) is 18.2 Å². The third-order valence-electron chi connectivity index (χ3n) is 3.53. The van der Waals surface area contributed by atoms with Crippen LogP contribution < -0.4 is 14.2 Å². The summed E-state index contributed by atoms with van der Waals surface area (Å²) in [5.41, 5.74) is 1.13. The number of benzene rings is 3. The van der Waals surface area contributed by atoms with Crippen molar-refractivity contribution in [1.29, 1.82) is 10.5 Å². The predicted octanol–water partition coefficient (Wildman–Crippen LogP) is 5.02. The second-order valence-electron chi connectivity index (χ2n) is 5.32. The summed E-state index contributed by atoms with van der Waals surface area (Å²) in [5, 5.41) is 17.7. The highest BCUT2D eigenvalue weighted by Crippen LogP contribution is 2.33. The van der Waals surface area contributed by atoms with Gasteiger partial charge in [0.25, 0.3) is 0 Å². The van der Waals surface area contributed by atoms with Crippen LogP contribution in [0.2, 0.25) is 0 Å². The summed E-state index contributed by atoms with van der Waals surface area (Å²) < 4.78 is 16.9. The third kappa shape index (κ3) is 4.11. The molecule has 0 saturated carbocycles. The molecule has 0 radical (unpaired) electrons. The fraction of sp³-hybridized carbons (Fsp3) is 0.0476. The fourth-order valence-corrected chi connectivity index (χ4v) is 2.25. The number of nitriles is 2. The normalized spacial score (nSPS) is 9.65. The van der Waals surface area contributed by atoms with Crippen molar-refractivity contribution < 1.29 is 14.2 Å². The van der Waals surface area contributed by atoms with Gasteiger partial charge in [0.2, 0.25) is 0 Å². The predicted molar refractivity (Wildman–Crippen MR) is 95.5 cm³/mol. The first-order chi connectivity index (χ1) is 12.7. The van der Waals surface area contributed by atoms with Crippen LogP contribution >= 0.6 is 0 Å². The van der Waals surface area contributed by atoms with E-state index in [1.807, 2.05) is 0 Å². The Balaban J connectivity index is 1.83. The molecule has 0 aliphatic carbocycles. The first kappa shape index (κ1) is 16.9. The van der Waals surface area contributed by atoms with Gasteiger partial charge in [-0.05, 0) is 48.5 Å². The number of hydrogen-bond donors (Lipinski definition) is 0. The maximum Gasteiger partial charge on any atom is 0.134 e. The quantitative estimate of drug-likeness (QED) is 0.650. The van der Waals surface area contributed by atoms with Crippen LogP contribution in [0, 0.1) is 22.7 Å². The third-order valence-corrected chi connectivity index (χ3v) is 3.53. The van der Waals surface area contributed by atoms with E-state index >= 15 is 0 Å². The van der Waals surface area contributed by atoms with Crippen molar-refractivity contribution in [3.05, 3.63) is 77.9 Å². The van der Waals surface area contributed by atoms with Gasteiger partial charge < -0.3 is 14.2 Å². The Morgan fingerprint density at radius 2 is 0.962 bits per heavy atom. The lowest BCUT2D eigenvalue weighted by molar-refractivity contribution is 0.401. The first-order valence-corrected chi connectivity index (χ1v) is 7.75. The van der Waals surface area contributed by atoms with Crippen LogP contribution in [0.1, 0.15) is 11.1 Å². The van der Waals surface area contributed by atoms with E-state index in [1.54, 1.807) is 73.8 Å². The van der Waals surface area contributed by atoms with Gasteiger partial charge in [0.1, 0.15) is 28.7 Å². The lowest BCUT2D eigenvalue weighted by Crippen LogP contribution is -1.91. The number of ether oxygens (including phenoxy) is 3. The van der Waals surface area contributed by atoms with Gasteiger partial charge in [-0.2, -0.15) is 10.5 Å². The molecule has 0 amide bonds. The Morgan fingerprint density at radius 1 is 0.577 bits per heavy atom. The van der Waals surface area contributed by atoms with Crippen LogP contribution in [-0.2, 0) is 0 Å². The maximum absolute atomic E-state index is 8.85. The summed E-state index contributed by atoms with van der Waals surface area (Å²) in [7, 11) is 1.56. The van der Waals surface area contributed by atoms with E-state index < -0.39 is 0 Å². The molecule has 3 rings (SSSR count). The second kappa shape index (κ2) is 7.74. The van der Waals surface area contributed by atoms with E-state index in [2.05, 4.69) is 12.1 Å². The molecule has 0 bridgehead atoms. The van der Waals surface area contributed by atoms with Crippen molar-refractivity contribution in [3.63, 3.8) is 0 Å². The highest BCUT2D eigenvalue weighted by Gasteiger charge is 2.07. The molecule has 5 nitrogen and oxygen atoms in total. The topological polar surface area (TPSA) is 75.3 Å². The minimum Gasteiger partial charge on any atom is -0.496 e. The van der Waals surface area contributed by atoms with Crippen molar-refractivity contribution in [2.75, 3.05) is 7.11 Å². The van der Waals surface area contributed by atoms with Crippen LogP contribution in [-0.4, -0.2) is 7.11 Å². The van der Waals surface area contributed by atoms with Crippen molar-refractivity contribution >= 4 is 0 Å². The molecule has 0 atom stereocenters. The molecular weight excluding hydrogens is 328 g/mol. The Hall–Kier alpha value is -3.96. The van der Waals surface area contributed by atoms with Crippen LogP contribution in [0.3, 0.4) is 0 Å². The summed E-state index contributed by atoms with van der Waals surface area (Å²) in [6.07, 6.45) is 0. The zero-order valence-electron chi connectivity index (χ0n) is 14.0. The van der Waals surface area contributed by atoms with E-state index in [-0.39, 0.29) is 0 Å².